The van der Waals surface area contributed by atoms with E-state index < -0.39 is 6.10 Å². The number of H-pyrrole nitrogens is 1. The van der Waals surface area contributed by atoms with Gasteiger partial charge in [-0.2, -0.15) is 0 Å². The molecule has 1 heterocycles. The number of hydrogen-bond acceptors (Lipinski definition) is 6. The number of aromatic nitrogens is 1. The zero-order valence-corrected chi connectivity index (χ0v) is 24.0. The van der Waals surface area contributed by atoms with Crippen LogP contribution in [0, 0.1) is 0 Å². The van der Waals surface area contributed by atoms with Crippen LogP contribution in [-0.2, 0) is 11.3 Å². The molecule has 0 bridgehead atoms. The molecule has 1 amide bonds. The summed E-state index contributed by atoms with van der Waals surface area (Å²) in [6, 6.07) is 25.7. The Balaban J connectivity index is 1.18. The molecule has 1 unspecified atom stereocenters. The average Bonchev–Trinajstić information content (AvgIpc) is 3.04. The summed E-state index contributed by atoms with van der Waals surface area (Å²) in [5.74, 6) is 0.756. The van der Waals surface area contributed by atoms with E-state index >= 15 is 0 Å². The van der Waals surface area contributed by atoms with Crippen LogP contribution in [0.15, 0.2) is 113 Å². The maximum atomic E-state index is 13.7. The maximum Gasteiger partial charge on any atom is 0.253 e. The molecule has 0 saturated carbocycles. The van der Waals surface area contributed by atoms with Gasteiger partial charge in [-0.1, -0.05) is 60.7 Å². The van der Waals surface area contributed by atoms with Crippen molar-refractivity contribution in [1.82, 2.24) is 15.2 Å². The van der Waals surface area contributed by atoms with Crippen LogP contribution in [0.4, 0.5) is 0 Å². The molecule has 43 heavy (non-hydrogen) atoms. The van der Waals surface area contributed by atoms with Crippen LogP contribution in [0.25, 0.3) is 10.9 Å². The second-order valence-corrected chi connectivity index (χ2v) is 10.7. The highest BCUT2D eigenvalue weighted by Crippen LogP contribution is 2.28. The number of nitrogens with zero attached hydrogens (tertiary/aromatic N) is 1. The SMILES string of the molecule is O=C(C1=CCCC(COc2ccccc2)=C1)N(CCCNCC(O)c1ccc(O)c2[nH]c(=O)ccc12)Cc1ccccc1. The van der Waals surface area contributed by atoms with Crippen LogP contribution in [-0.4, -0.2) is 52.2 Å². The number of allylic oxidation sites excluding steroid dienone is 1. The highest BCUT2D eigenvalue weighted by molar-refractivity contribution is 5.96. The Labute approximate surface area is 251 Å². The second kappa shape index (κ2) is 14.5. The number of rotatable bonds is 13. The first-order chi connectivity index (χ1) is 21.0. The van der Waals surface area contributed by atoms with Gasteiger partial charge in [0.15, 0.2) is 0 Å². The Kier molecular flexibility index (Phi) is 10.0. The number of carbonyl (C=O) groups is 1. The Bertz CT molecular complexity index is 1650. The van der Waals surface area contributed by atoms with E-state index in [1.54, 1.807) is 12.1 Å². The summed E-state index contributed by atoms with van der Waals surface area (Å²) in [7, 11) is 0. The van der Waals surface area contributed by atoms with E-state index in [-0.39, 0.29) is 23.8 Å². The minimum atomic E-state index is -0.842. The van der Waals surface area contributed by atoms with Gasteiger partial charge in [0.05, 0.1) is 11.6 Å². The molecule has 4 N–H and O–H groups in total. The molecule has 3 aromatic carbocycles. The lowest BCUT2D eigenvalue weighted by atomic mass is 9.98. The lowest BCUT2D eigenvalue weighted by molar-refractivity contribution is -0.127. The number of pyridine rings is 1. The number of nitrogens with one attached hydrogen (secondary N) is 2. The van der Waals surface area contributed by atoms with Gasteiger partial charge in [-0.3, -0.25) is 9.59 Å². The molecular formula is C35H37N3O5. The summed E-state index contributed by atoms with van der Waals surface area (Å²) in [5, 5.41) is 24.9. The lowest BCUT2D eigenvalue weighted by Crippen LogP contribution is -2.34. The summed E-state index contributed by atoms with van der Waals surface area (Å²) in [5.41, 5.74) is 3.44. The number of aromatic hydroxyl groups is 1. The third-order valence-corrected chi connectivity index (χ3v) is 7.49. The quantitative estimate of drug-likeness (QED) is 0.166. The van der Waals surface area contributed by atoms with Gasteiger partial charge in [0.1, 0.15) is 18.1 Å². The predicted octanol–water partition coefficient (Wildman–Crippen LogP) is 5.00. The molecule has 1 aromatic heterocycles. The molecule has 1 atom stereocenters. The van der Waals surface area contributed by atoms with Gasteiger partial charge in [-0.15, -0.1) is 0 Å². The number of hydrogen-bond donors (Lipinski definition) is 4. The van der Waals surface area contributed by atoms with Crippen molar-refractivity contribution in [3.8, 4) is 11.5 Å². The Morgan fingerprint density at radius 3 is 2.56 bits per heavy atom. The zero-order chi connectivity index (χ0) is 30.0. The van der Waals surface area contributed by atoms with E-state index in [0.29, 0.717) is 54.7 Å². The zero-order valence-electron chi connectivity index (χ0n) is 24.0. The van der Waals surface area contributed by atoms with E-state index in [9.17, 15) is 19.8 Å². The van der Waals surface area contributed by atoms with Crippen molar-refractivity contribution in [2.45, 2.75) is 31.9 Å². The summed E-state index contributed by atoms with van der Waals surface area (Å²) < 4.78 is 5.93. The first kappa shape index (κ1) is 29.8. The minimum absolute atomic E-state index is 0.00893. The number of phenolic OH excluding ortho intramolecular Hbond substituents is 1. The summed E-state index contributed by atoms with van der Waals surface area (Å²) in [6.45, 7) is 2.37. The average molecular weight is 580 g/mol. The number of benzene rings is 3. The van der Waals surface area contributed by atoms with Crippen molar-refractivity contribution in [3.05, 3.63) is 130 Å². The van der Waals surface area contributed by atoms with Crippen molar-refractivity contribution in [3.63, 3.8) is 0 Å². The Morgan fingerprint density at radius 1 is 1.00 bits per heavy atom. The van der Waals surface area contributed by atoms with Gasteiger partial charge in [0.25, 0.3) is 5.91 Å². The van der Waals surface area contributed by atoms with Gasteiger partial charge in [0, 0.05) is 36.7 Å². The first-order valence-electron chi connectivity index (χ1n) is 14.6. The number of amides is 1. The largest absolute Gasteiger partial charge is 0.506 e. The topological polar surface area (TPSA) is 115 Å². The molecule has 222 valence electrons. The highest BCUT2D eigenvalue weighted by atomic mass is 16.5. The van der Waals surface area contributed by atoms with Crippen LogP contribution in [0.1, 0.15) is 36.5 Å². The van der Waals surface area contributed by atoms with E-state index in [0.717, 1.165) is 29.7 Å². The maximum absolute atomic E-state index is 13.7. The second-order valence-electron chi connectivity index (χ2n) is 10.7. The minimum Gasteiger partial charge on any atom is -0.506 e. The number of carbonyl (C=O) groups excluding carboxylic acids is 1. The smallest absolute Gasteiger partial charge is 0.253 e. The molecule has 0 aliphatic heterocycles. The predicted molar refractivity (Wildman–Crippen MR) is 168 cm³/mol. The third-order valence-electron chi connectivity index (χ3n) is 7.49. The van der Waals surface area contributed by atoms with Crippen LogP contribution in [0.3, 0.4) is 0 Å². The molecule has 0 radical (unpaired) electrons. The lowest BCUT2D eigenvalue weighted by Gasteiger charge is -2.25. The number of aliphatic hydroxyl groups is 1. The van der Waals surface area contributed by atoms with Gasteiger partial charge in [-0.05, 0) is 72.8 Å². The number of aromatic amines is 1. The van der Waals surface area contributed by atoms with Gasteiger partial charge in [-0.25, -0.2) is 0 Å². The van der Waals surface area contributed by atoms with Crippen LogP contribution in [0.5, 0.6) is 11.5 Å². The molecule has 4 aromatic rings. The van der Waals surface area contributed by atoms with Crippen molar-refractivity contribution < 1.29 is 19.7 Å². The Hall–Kier alpha value is -4.66. The van der Waals surface area contributed by atoms with E-state index in [2.05, 4.69) is 10.3 Å². The van der Waals surface area contributed by atoms with Crippen molar-refractivity contribution in [2.24, 2.45) is 0 Å². The Morgan fingerprint density at radius 2 is 1.77 bits per heavy atom. The van der Waals surface area contributed by atoms with Crippen molar-refractivity contribution >= 4 is 16.8 Å². The van der Waals surface area contributed by atoms with Gasteiger partial charge < -0.3 is 30.2 Å². The molecule has 0 fully saturated rings. The normalized spacial score (nSPS) is 13.7. The molecule has 8 nitrogen and oxygen atoms in total. The molecule has 1 aliphatic carbocycles. The number of ether oxygens (including phenoxy) is 1. The summed E-state index contributed by atoms with van der Waals surface area (Å²) in [4.78, 5) is 29.9. The van der Waals surface area contributed by atoms with Crippen LogP contribution >= 0.6 is 0 Å². The fraction of sp³-hybridized carbons (Fsp3) is 0.257. The fourth-order valence-electron chi connectivity index (χ4n) is 5.25. The molecule has 1 aliphatic rings. The van der Waals surface area contributed by atoms with Crippen LogP contribution in [0.2, 0.25) is 0 Å². The van der Waals surface area contributed by atoms with Crippen LogP contribution < -0.4 is 15.6 Å². The molecular weight excluding hydrogens is 542 g/mol. The van der Waals surface area contributed by atoms with Crippen molar-refractivity contribution in [2.75, 3.05) is 26.2 Å². The number of fused-ring (bicyclic) bond motifs is 1. The number of aliphatic hydroxyl groups excluding tert-OH is 1. The number of phenols is 1. The first-order valence-corrected chi connectivity index (χ1v) is 14.6. The molecule has 0 spiro atoms. The third kappa shape index (κ3) is 8.00. The van der Waals surface area contributed by atoms with Gasteiger partial charge >= 0.3 is 0 Å². The van der Waals surface area contributed by atoms with E-state index in [4.69, 9.17) is 4.74 Å². The molecule has 8 heteroatoms. The standard InChI is InChI=1S/C35H37N3O5/c39-31-17-15-29(30-16-18-33(41)37-34(30)31)32(40)22-36-19-8-20-38(23-25-9-3-1-4-10-25)35(42)27-12-7-11-26(21-27)24-43-28-13-5-2-6-14-28/h1-6,9-10,12-18,21,32,36,39-40H,7-8,11,19-20,22-24H2,(H,37,41). The highest BCUT2D eigenvalue weighted by Gasteiger charge is 2.20. The van der Waals surface area contributed by atoms with E-state index in [1.807, 2.05) is 77.7 Å². The molecule has 0 saturated heterocycles. The monoisotopic (exact) mass is 579 g/mol. The molecule has 5 rings (SSSR count). The van der Waals surface area contributed by atoms with Gasteiger partial charge in [0.2, 0.25) is 5.56 Å². The summed E-state index contributed by atoms with van der Waals surface area (Å²) >= 11 is 0. The van der Waals surface area contributed by atoms with E-state index in [1.165, 1.54) is 12.1 Å². The number of para-hydroxylation sites is 1. The summed E-state index contributed by atoms with van der Waals surface area (Å²) in [6.07, 6.45) is 5.48. The van der Waals surface area contributed by atoms with Crippen molar-refractivity contribution in [1.29, 1.82) is 0 Å². The fourth-order valence-corrected chi connectivity index (χ4v) is 5.25.